The highest BCUT2D eigenvalue weighted by molar-refractivity contribution is 7.98. The standard InChI is InChI=1S/C21H28N2O4S2/c1-16-8-5-6-9-18(16)15-28-13-12-22-21(24)17(2)23(29(4,25)26)19-10-7-11-20(14-19)27-3/h5-11,14,17H,12-13,15H2,1-4H3,(H,22,24)/t17-/m0/s1. The van der Waals surface area contributed by atoms with E-state index in [2.05, 4.69) is 24.4 Å². The molecule has 0 aromatic heterocycles. The highest BCUT2D eigenvalue weighted by atomic mass is 32.2. The van der Waals surface area contributed by atoms with Gasteiger partial charge in [-0.25, -0.2) is 8.42 Å². The van der Waals surface area contributed by atoms with Crippen molar-refractivity contribution in [2.75, 3.05) is 30.0 Å². The summed E-state index contributed by atoms with van der Waals surface area (Å²) >= 11 is 1.73. The van der Waals surface area contributed by atoms with Crippen molar-refractivity contribution in [3.05, 3.63) is 59.7 Å². The zero-order chi connectivity index (χ0) is 21.4. The van der Waals surface area contributed by atoms with Gasteiger partial charge in [-0.2, -0.15) is 11.8 Å². The molecule has 8 heteroatoms. The van der Waals surface area contributed by atoms with Gasteiger partial charge in [-0.15, -0.1) is 0 Å². The molecule has 0 radical (unpaired) electrons. The van der Waals surface area contributed by atoms with Crippen LogP contribution < -0.4 is 14.4 Å². The van der Waals surface area contributed by atoms with Crippen LogP contribution >= 0.6 is 11.8 Å². The normalized spacial score (nSPS) is 12.3. The first-order chi connectivity index (χ1) is 13.7. The molecule has 6 nitrogen and oxygen atoms in total. The average Bonchev–Trinajstić information content (AvgIpc) is 2.68. The number of nitrogens with zero attached hydrogens (tertiary/aromatic N) is 1. The van der Waals surface area contributed by atoms with Crippen molar-refractivity contribution in [2.24, 2.45) is 0 Å². The summed E-state index contributed by atoms with van der Waals surface area (Å²) in [5.74, 6) is 1.80. The van der Waals surface area contributed by atoms with E-state index in [9.17, 15) is 13.2 Å². The molecule has 2 aromatic carbocycles. The second kappa shape index (κ2) is 10.5. The van der Waals surface area contributed by atoms with Crippen molar-refractivity contribution in [1.82, 2.24) is 5.32 Å². The van der Waals surface area contributed by atoms with Crippen LogP contribution in [0.3, 0.4) is 0 Å². The van der Waals surface area contributed by atoms with Gasteiger partial charge in [-0.1, -0.05) is 30.3 Å². The van der Waals surface area contributed by atoms with E-state index in [0.717, 1.165) is 22.1 Å². The zero-order valence-electron chi connectivity index (χ0n) is 17.2. The average molecular weight is 437 g/mol. The summed E-state index contributed by atoms with van der Waals surface area (Å²) in [7, 11) is -2.14. The van der Waals surface area contributed by atoms with Gasteiger partial charge < -0.3 is 10.1 Å². The molecule has 1 atom stereocenters. The summed E-state index contributed by atoms with van der Waals surface area (Å²) in [6.45, 7) is 4.13. The fraction of sp³-hybridized carbons (Fsp3) is 0.381. The molecule has 0 fully saturated rings. The van der Waals surface area contributed by atoms with E-state index in [1.807, 2.05) is 12.1 Å². The van der Waals surface area contributed by atoms with Gasteiger partial charge in [0, 0.05) is 24.1 Å². The van der Waals surface area contributed by atoms with Crippen molar-refractivity contribution in [1.29, 1.82) is 0 Å². The van der Waals surface area contributed by atoms with Crippen LogP contribution in [0, 0.1) is 6.92 Å². The Balaban J connectivity index is 1.94. The smallest absolute Gasteiger partial charge is 0.243 e. The molecule has 1 N–H and O–H groups in total. The van der Waals surface area contributed by atoms with Crippen molar-refractivity contribution in [2.45, 2.75) is 25.6 Å². The first-order valence-corrected chi connectivity index (χ1v) is 12.3. The highest BCUT2D eigenvalue weighted by Gasteiger charge is 2.29. The predicted octanol–water partition coefficient (Wildman–Crippen LogP) is 3.21. The van der Waals surface area contributed by atoms with Gasteiger partial charge in [0.1, 0.15) is 11.8 Å². The maximum Gasteiger partial charge on any atom is 0.243 e. The third-order valence-corrected chi connectivity index (χ3v) is 6.71. The molecule has 0 bridgehead atoms. The second-order valence-electron chi connectivity index (χ2n) is 6.71. The van der Waals surface area contributed by atoms with Gasteiger partial charge in [0.25, 0.3) is 0 Å². The number of rotatable bonds is 10. The minimum absolute atomic E-state index is 0.338. The Bertz CT molecular complexity index is 932. The number of nitrogens with one attached hydrogen (secondary N) is 1. The molecule has 0 spiro atoms. The molecule has 0 saturated heterocycles. The number of hydrogen-bond donors (Lipinski definition) is 1. The predicted molar refractivity (Wildman–Crippen MR) is 120 cm³/mol. The number of aryl methyl sites for hydroxylation is 1. The summed E-state index contributed by atoms with van der Waals surface area (Å²) in [5.41, 5.74) is 2.92. The number of ether oxygens (including phenoxy) is 1. The molecular weight excluding hydrogens is 408 g/mol. The number of benzene rings is 2. The van der Waals surface area contributed by atoms with E-state index < -0.39 is 16.1 Å². The van der Waals surface area contributed by atoms with Crippen molar-refractivity contribution in [3.8, 4) is 5.75 Å². The van der Waals surface area contributed by atoms with Crippen LogP contribution in [0.15, 0.2) is 48.5 Å². The molecule has 0 unspecified atom stereocenters. The van der Waals surface area contributed by atoms with Crippen LogP contribution in [0.5, 0.6) is 5.75 Å². The lowest BCUT2D eigenvalue weighted by molar-refractivity contribution is -0.121. The van der Waals surface area contributed by atoms with Gasteiger partial charge in [0.2, 0.25) is 15.9 Å². The van der Waals surface area contributed by atoms with Gasteiger partial charge >= 0.3 is 0 Å². The highest BCUT2D eigenvalue weighted by Crippen LogP contribution is 2.25. The van der Waals surface area contributed by atoms with Crippen molar-refractivity contribution >= 4 is 33.4 Å². The molecule has 0 aliphatic heterocycles. The lowest BCUT2D eigenvalue weighted by Gasteiger charge is -2.28. The number of carbonyl (C=O) groups excluding carboxylic acids is 1. The number of methoxy groups -OCH3 is 1. The fourth-order valence-electron chi connectivity index (χ4n) is 2.90. The number of carbonyl (C=O) groups is 1. The van der Waals surface area contributed by atoms with Crippen LogP contribution in [0.25, 0.3) is 0 Å². The first kappa shape index (κ1) is 23.1. The van der Waals surface area contributed by atoms with Gasteiger partial charge in [-0.3, -0.25) is 9.10 Å². The quantitative estimate of drug-likeness (QED) is 0.579. The SMILES string of the molecule is COc1cccc(N([C@@H](C)C(=O)NCCSCc2ccccc2C)S(C)(=O)=O)c1. The van der Waals surface area contributed by atoms with E-state index in [1.165, 1.54) is 18.2 Å². The van der Waals surface area contributed by atoms with Crippen LogP contribution in [0.1, 0.15) is 18.1 Å². The monoisotopic (exact) mass is 436 g/mol. The Morgan fingerprint density at radius 3 is 2.59 bits per heavy atom. The van der Waals surface area contributed by atoms with E-state index in [4.69, 9.17) is 4.74 Å². The molecule has 158 valence electrons. The molecule has 2 rings (SSSR count). The van der Waals surface area contributed by atoms with Gasteiger partial charge in [-0.05, 0) is 37.1 Å². The topological polar surface area (TPSA) is 75.7 Å². The minimum atomic E-state index is -3.65. The third kappa shape index (κ3) is 6.68. The van der Waals surface area contributed by atoms with Gasteiger partial charge in [0.15, 0.2) is 0 Å². The third-order valence-electron chi connectivity index (χ3n) is 4.46. The Morgan fingerprint density at radius 1 is 1.21 bits per heavy atom. The van der Waals surface area contributed by atoms with Gasteiger partial charge in [0.05, 0.1) is 19.1 Å². The number of thioether (sulfide) groups is 1. The maximum atomic E-state index is 12.6. The van der Waals surface area contributed by atoms with E-state index in [0.29, 0.717) is 18.0 Å². The number of sulfonamides is 1. The molecule has 0 aliphatic carbocycles. The van der Waals surface area contributed by atoms with Crippen LogP contribution in [-0.2, 0) is 20.6 Å². The van der Waals surface area contributed by atoms with E-state index >= 15 is 0 Å². The lowest BCUT2D eigenvalue weighted by atomic mass is 10.1. The van der Waals surface area contributed by atoms with E-state index in [-0.39, 0.29) is 5.91 Å². The Kier molecular flexibility index (Phi) is 8.40. The molecule has 2 aromatic rings. The molecular formula is C21H28N2O4S2. The summed E-state index contributed by atoms with van der Waals surface area (Å²) in [5, 5.41) is 2.84. The zero-order valence-corrected chi connectivity index (χ0v) is 18.8. The first-order valence-electron chi connectivity index (χ1n) is 9.27. The Morgan fingerprint density at radius 2 is 1.93 bits per heavy atom. The molecule has 1 amide bonds. The minimum Gasteiger partial charge on any atom is -0.497 e. The Hall–Kier alpha value is -2.19. The molecule has 29 heavy (non-hydrogen) atoms. The lowest BCUT2D eigenvalue weighted by Crippen LogP contribution is -2.48. The fourth-order valence-corrected chi connectivity index (χ4v) is 5.01. The molecule has 0 aliphatic rings. The van der Waals surface area contributed by atoms with Crippen LogP contribution in [0.2, 0.25) is 0 Å². The summed E-state index contributed by atoms with van der Waals surface area (Å²) in [4.78, 5) is 12.6. The van der Waals surface area contributed by atoms with Crippen molar-refractivity contribution in [3.63, 3.8) is 0 Å². The van der Waals surface area contributed by atoms with Crippen LogP contribution in [0.4, 0.5) is 5.69 Å². The van der Waals surface area contributed by atoms with Crippen molar-refractivity contribution < 1.29 is 17.9 Å². The van der Waals surface area contributed by atoms with Crippen LogP contribution in [-0.4, -0.2) is 46.0 Å². The number of hydrogen-bond acceptors (Lipinski definition) is 5. The summed E-state index contributed by atoms with van der Waals surface area (Å²) in [6, 6.07) is 14.0. The number of amides is 1. The largest absolute Gasteiger partial charge is 0.497 e. The number of anilines is 1. The van der Waals surface area contributed by atoms with E-state index in [1.54, 1.807) is 43.0 Å². The summed E-state index contributed by atoms with van der Waals surface area (Å²) < 4.78 is 31.0. The second-order valence-corrected chi connectivity index (χ2v) is 9.67. The molecule has 0 heterocycles. The Labute approximate surface area is 177 Å². The summed E-state index contributed by atoms with van der Waals surface area (Å²) in [6.07, 6.45) is 1.09. The molecule has 0 saturated carbocycles. The maximum absolute atomic E-state index is 12.6.